The van der Waals surface area contributed by atoms with Crippen LogP contribution in [0.3, 0.4) is 0 Å². The van der Waals surface area contributed by atoms with Crippen LogP contribution in [0.5, 0.6) is 0 Å². The number of nitrogens with zero attached hydrogens (tertiary/aromatic N) is 3. The molecule has 1 aromatic heterocycles. The van der Waals surface area contributed by atoms with Crippen LogP contribution in [0.4, 0.5) is 5.69 Å². The first-order chi connectivity index (χ1) is 9.60. The summed E-state index contributed by atoms with van der Waals surface area (Å²) in [7, 11) is 0. The van der Waals surface area contributed by atoms with E-state index >= 15 is 0 Å². The molecule has 4 nitrogen and oxygen atoms in total. The highest BCUT2D eigenvalue weighted by molar-refractivity contribution is 5.39. The SMILES string of the molecule is CCCN1CCC(C(C)Nc2cnn(C(C)C)c2)CC1. The highest BCUT2D eigenvalue weighted by atomic mass is 15.3. The topological polar surface area (TPSA) is 33.1 Å². The molecule has 0 amide bonds. The van der Waals surface area contributed by atoms with E-state index in [4.69, 9.17) is 0 Å². The van der Waals surface area contributed by atoms with Crippen molar-refractivity contribution in [3.63, 3.8) is 0 Å². The molecule has 1 fully saturated rings. The van der Waals surface area contributed by atoms with Gasteiger partial charge in [-0.3, -0.25) is 4.68 Å². The summed E-state index contributed by atoms with van der Waals surface area (Å²) in [4.78, 5) is 2.60. The zero-order valence-electron chi connectivity index (χ0n) is 13.5. The second-order valence-electron chi connectivity index (χ2n) is 6.41. The van der Waals surface area contributed by atoms with Crippen LogP contribution in [-0.2, 0) is 0 Å². The van der Waals surface area contributed by atoms with Crippen molar-refractivity contribution >= 4 is 5.69 Å². The maximum absolute atomic E-state index is 4.40. The number of piperidine rings is 1. The molecule has 1 atom stereocenters. The van der Waals surface area contributed by atoms with Gasteiger partial charge in [-0.15, -0.1) is 0 Å². The quantitative estimate of drug-likeness (QED) is 0.866. The molecule has 0 radical (unpaired) electrons. The van der Waals surface area contributed by atoms with E-state index in [1.165, 1.54) is 38.9 Å². The summed E-state index contributed by atoms with van der Waals surface area (Å²) in [6.45, 7) is 12.7. The van der Waals surface area contributed by atoms with Crippen molar-refractivity contribution in [3.8, 4) is 0 Å². The van der Waals surface area contributed by atoms with E-state index in [2.05, 4.69) is 49.2 Å². The second-order valence-corrected chi connectivity index (χ2v) is 6.41. The summed E-state index contributed by atoms with van der Waals surface area (Å²) in [5.74, 6) is 0.783. The Labute approximate surface area is 123 Å². The largest absolute Gasteiger partial charge is 0.380 e. The third kappa shape index (κ3) is 3.98. The lowest BCUT2D eigenvalue weighted by atomic mass is 9.90. The summed E-state index contributed by atoms with van der Waals surface area (Å²) in [5.41, 5.74) is 1.15. The van der Waals surface area contributed by atoms with E-state index in [9.17, 15) is 0 Å². The Morgan fingerprint density at radius 2 is 2.00 bits per heavy atom. The molecule has 2 heterocycles. The molecule has 1 aromatic rings. The average molecular weight is 278 g/mol. The maximum Gasteiger partial charge on any atom is 0.0728 e. The summed E-state index contributed by atoms with van der Waals surface area (Å²) in [5, 5.41) is 8.03. The number of rotatable bonds is 6. The van der Waals surface area contributed by atoms with E-state index in [0.717, 1.165) is 11.6 Å². The van der Waals surface area contributed by atoms with Crippen LogP contribution in [0.25, 0.3) is 0 Å². The molecule has 0 aliphatic carbocycles. The molecule has 20 heavy (non-hydrogen) atoms. The molecular formula is C16H30N4. The highest BCUT2D eigenvalue weighted by Gasteiger charge is 2.23. The predicted molar refractivity (Wildman–Crippen MR) is 85.2 cm³/mol. The molecule has 1 aliphatic rings. The Bertz CT molecular complexity index is 391. The number of anilines is 1. The van der Waals surface area contributed by atoms with E-state index in [1.54, 1.807) is 0 Å². The Kier molecular flexibility index (Phi) is 5.46. The Morgan fingerprint density at radius 3 is 2.55 bits per heavy atom. The van der Waals surface area contributed by atoms with Crippen LogP contribution in [0.15, 0.2) is 12.4 Å². The standard InChI is InChI=1S/C16H30N4/c1-5-8-19-9-6-15(7-10-19)14(4)18-16-11-17-20(12-16)13(2)3/h11-15,18H,5-10H2,1-4H3. The minimum absolute atomic E-state index is 0.429. The lowest BCUT2D eigenvalue weighted by molar-refractivity contribution is 0.176. The third-order valence-corrected chi connectivity index (χ3v) is 4.40. The van der Waals surface area contributed by atoms with Gasteiger partial charge < -0.3 is 10.2 Å². The van der Waals surface area contributed by atoms with Crippen molar-refractivity contribution in [3.05, 3.63) is 12.4 Å². The molecule has 1 aliphatic heterocycles. The molecule has 1 unspecified atom stereocenters. The van der Waals surface area contributed by atoms with Crippen LogP contribution in [-0.4, -0.2) is 40.4 Å². The van der Waals surface area contributed by atoms with Crippen molar-refractivity contribution in [2.45, 2.75) is 59.0 Å². The summed E-state index contributed by atoms with van der Waals surface area (Å²) < 4.78 is 2.01. The van der Waals surface area contributed by atoms with Crippen LogP contribution >= 0.6 is 0 Å². The highest BCUT2D eigenvalue weighted by Crippen LogP contribution is 2.23. The van der Waals surface area contributed by atoms with Gasteiger partial charge in [-0.1, -0.05) is 6.92 Å². The minimum Gasteiger partial charge on any atom is -0.380 e. The number of likely N-dealkylation sites (tertiary alicyclic amines) is 1. The lowest BCUT2D eigenvalue weighted by Gasteiger charge is -2.35. The van der Waals surface area contributed by atoms with Crippen molar-refractivity contribution in [2.75, 3.05) is 25.0 Å². The first kappa shape index (κ1) is 15.4. The fourth-order valence-corrected chi connectivity index (χ4v) is 3.07. The molecule has 4 heteroatoms. The molecule has 114 valence electrons. The monoisotopic (exact) mass is 278 g/mol. The fourth-order valence-electron chi connectivity index (χ4n) is 3.07. The summed E-state index contributed by atoms with van der Waals surface area (Å²) >= 11 is 0. The van der Waals surface area contributed by atoms with Crippen molar-refractivity contribution in [1.82, 2.24) is 14.7 Å². The number of hydrogen-bond acceptors (Lipinski definition) is 3. The van der Waals surface area contributed by atoms with Gasteiger partial charge in [0.05, 0.1) is 11.9 Å². The van der Waals surface area contributed by atoms with Gasteiger partial charge >= 0.3 is 0 Å². The van der Waals surface area contributed by atoms with Gasteiger partial charge in [0.2, 0.25) is 0 Å². The van der Waals surface area contributed by atoms with E-state index in [0.29, 0.717) is 12.1 Å². The number of aromatic nitrogens is 2. The average Bonchev–Trinajstić information content (AvgIpc) is 2.88. The summed E-state index contributed by atoms with van der Waals surface area (Å²) in [6, 6.07) is 0.960. The molecule has 0 aromatic carbocycles. The normalized spacial score (nSPS) is 19.4. The third-order valence-electron chi connectivity index (χ3n) is 4.40. The van der Waals surface area contributed by atoms with E-state index in [1.807, 2.05) is 10.9 Å². The minimum atomic E-state index is 0.429. The van der Waals surface area contributed by atoms with Crippen LogP contribution in [0.2, 0.25) is 0 Å². The van der Waals surface area contributed by atoms with Crippen molar-refractivity contribution in [2.24, 2.45) is 5.92 Å². The van der Waals surface area contributed by atoms with Gasteiger partial charge in [-0.05, 0) is 65.6 Å². The first-order valence-corrected chi connectivity index (χ1v) is 8.13. The summed E-state index contributed by atoms with van der Waals surface area (Å²) in [6.07, 6.45) is 7.96. The van der Waals surface area contributed by atoms with Crippen molar-refractivity contribution < 1.29 is 0 Å². The molecule has 0 saturated carbocycles. The predicted octanol–water partition coefficient (Wildman–Crippen LogP) is 3.39. The van der Waals surface area contributed by atoms with E-state index in [-0.39, 0.29) is 0 Å². The van der Waals surface area contributed by atoms with Gasteiger partial charge in [0.1, 0.15) is 0 Å². The zero-order valence-corrected chi connectivity index (χ0v) is 13.5. The van der Waals surface area contributed by atoms with E-state index < -0.39 is 0 Å². The molecule has 0 spiro atoms. The number of hydrogen-bond donors (Lipinski definition) is 1. The molecule has 1 N–H and O–H groups in total. The van der Waals surface area contributed by atoms with Gasteiger partial charge in [-0.2, -0.15) is 5.10 Å². The number of nitrogens with one attached hydrogen (secondary N) is 1. The van der Waals surface area contributed by atoms with Crippen LogP contribution in [0, 0.1) is 5.92 Å². The maximum atomic E-state index is 4.40. The lowest BCUT2D eigenvalue weighted by Crippen LogP contribution is -2.39. The first-order valence-electron chi connectivity index (χ1n) is 8.13. The Balaban J connectivity index is 1.81. The zero-order chi connectivity index (χ0) is 14.5. The van der Waals surface area contributed by atoms with Gasteiger partial charge in [0.15, 0.2) is 0 Å². The Hall–Kier alpha value is -1.03. The van der Waals surface area contributed by atoms with Gasteiger partial charge in [0, 0.05) is 18.3 Å². The van der Waals surface area contributed by atoms with Crippen LogP contribution < -0.4 is 5.32 Å². The molecular weight excluding hydrogens is 248 g/mol. The molecule has 1 saturated heterocycles. The Morgan fingerprint density at radius 1 is 1.30 bits per heavy atom. The fraction of sp³-hybridized carbons (Fsp3) is 0.812. The van der Waals surface area contributed by atoms with Gasteiger partial charge in [-0.25, -0.2) is 0 Å². The molecule has 0 bridgehead atoms. The second kappa shape index (κ2) is 7.11. The smallest absolute Gasteiger partial charge is 0.0728 e. The molecule has 2 rings (SSSR count). The van der Waals surface area contributed by atoms with Crippen LogP contribution in [0.1, 0.15) is 53.0 Å². The van der Waals surface area contributed by atoms with Gasteiger partial charge in [0.25, 0.3) is 0 Å². The van der Waals surface area contributed by atoms with Crippen molar-refractivity contribution in [1.29, 1.82) is 0 Å².